The Balaban J connectivity index is 1.28. The van der Waals surface area contributed by atoms with Gasteiger partial charge in [0.15, 0.2) is 0 Å². The molecule has 1 aromatic carbocycles. The number of alkyl carbamates (subject to hydrolysis) is 1. The molecule has 1 aliphatic heterocycles. The Morgan fingerprint density at radius 1 is 1.00 bits per heavy atom. The van der Waals surface area contributed by atoms with Gasteiger partial charge < -0.3 is 34.2 Å². The van der Waals surface area contributed by atoms with Gasteiger partial charge in [-0.05, 0) is 128 Å². The first-order chi connectivity index (χ1) is 23.4. The van der Waals surface area contributed by atoms with Crippen LogP contribution in [0, 0.1) is 23.7 Å². The zero-order chi connectivity index (χ0) is 35.3. The first kappa shape index (κ1) is 36.6. The molecule has 11 nitrogen and oxygen atoms in total. The highest BCUT2D eigenvalue weighted by molar-refractivity contribution is 6.00. The van der Waals surface area contributed by atoms with Crippen molar-refractivity contribution in [2.24, 2.45) is 23.7 Å². The Morgan fingerprint density at radius 3 is 2.35 bits per heavy atom. The van der Waals surface area contributed by atoms with Crippen LogP contribution in [-0.4, -0.2) is 79.5 Å². The molecule has 2 aliphatic carbocycles. The SMILES string of the molecule is CCOC(=O)c1cc2cc(NC(=O)[C@@H]3[C@H](C4CCC(OC)CC4)CCN3C(=O)[C@H]3CC[C@H](C(CF)NC(=O)OC(C)(C)C)CC3)ccc2o1. The van der Waals surface area contributed by atoms with Gasteiger partial charge in [0.1, 0.15) is 23.9 Å². The molecular weight excluding hydrogens is 633 g/mol. The highest BCUT2D eigenvalue weighted by Crippen LogP contribution is 2.42. The second-order valence-electron chi connectivity index (χ2n) is 14.8. The minimum atomic E-state index is -0.710. The van der Waals surface area contributed by atoms with E-state index >= 15 is 0 Å². The van der Waals surface area contributed by atoms with E-state index in [-0.39, 0.29) is 48.0 Å². The molecule has 2 heterocycles. The average Bonchev–Trinajstić information content (AvgIpc) is 3.71. The van der Waals surface area contributed by atoms with Gasteiger partial charge in [-0.15, -0.1) is 0 Å². The lowest BCUT2D eigenvalue weighted by Crippen LogP contribution is -2.50. The normalized spacial score (nSPS) is 26.6. The van der Waals surface area contributed by atoms with Crippen LogP contribution in [0.4, 0.5) is 14.9 Å². The van der Waals surface area contributed by atoms with E-state index in [2.05, 4.69) is 10.6 Å². The predicted octanol–water partition coefficient (Wildman–Crippen LogP) is 6.64. The molecule has 2 saturated carbocycles. The van der Waals surface area contributed by atoms with Crippen LogP contribution in [-0.2, 0) is 23.8 Å². The summed E-state index contributed by atoms with van der Waals surface area (Å²) in [5.41, 5.74) is 0.359. The third kappa shape index (κ3) is 8.93. The number of esters is 1. The Labute approximate surface area is 287 Å². The number of amides is 3. The second kappa shape index (κ2) is 15.9. The van der Waals surface area contributed by atoms with Crippen LogP contribution in [0.3, 0.4) is 0 Å². The number of nitrogens with zero attached hydrogens (tertiary/aromatic N) is 1. The van der Waals surface area contributed by atoms with Crippen LogP contribution in [0.2, 0.25) is 0 Å². The number of fused-ring (bicyclic) bond motifs is 1. The number of methoxy groups -OCH3 is 1. The topological polar surface area (TPSA) is 136 Å². The lowest BCUT2D eigenvalue weighted by atomic mass is 9.75. The number of hydrogen-bond donors (Lipinski definition) is 2. The van der Waals surface area contributed by atoms with Crippen molar-refractivity contribution in [1.82, 2.24) is 10.2 Å². The van der Waals surface area contributed by atoms with Gasteiger partial charge in [0.05, 0.1) is 18.8 Å². The molecule has 49 heavy (non-hydrogen) atoms. The quantitative estimate of drug-likeness (QED) is 0.266. The highest BCUT2D eigenvalue weighted by atomic mass is 19.1. The number of halogens is 1. The van der Waals surface area contributed by atoms with Crippen molar-refractivity contribution in [3.63, 3.8) is 0 Å². The summed E-state index contributed by atoms with van der Waals surface area (Å²) in [6.07, 6.45) is 6.36. The van der Waals surface area contributed by atoms with Crippen molar-refractivity contribution in [1.29, 1.82) is 0 Å². The van der Waals surface area contributed by atoms with Crippen molar-refractivity contribution in [3.8, 4) is 0 Å². The summed E-state index contributed by atoms with van der Waals surface area (Å²) in [5.74, 6) is -0.802. The van der Waals surface area contributed by atoms with E-state index in [1.807, 2.05) is 0 Å². The number of likely N-dealkylation sites (tertiary alicyclic amines) is 1. The molecule has 0 bridgehead atoms. The van der Waals surface area contributed by atoms with Crippen molar-refractivity contribution in [2.75, 3.05) is 32.3 Å². The lowest BCUT2D eigenvalue weighted by molar-refractivity contribution is -0.142. The molecule has 1 saturated heterocycles. The van der Waals surface area contributed by atoms with Crippen LogP contribution in [0.25, 0.3) is 11.0 Å². The number of furan rings is 1. The molecule has 1 aromatic heterocycles. The number of benzene rings is 1. The lowest BCUT2D eigenvalue weighted by Gasteiger charge is -2.38. The second-order valence-corrected chi connectivity index (χ2v) is 14.8. The molecule has 1 unspecified atom stereocenters. The fourth-order valence-corrected chi connectivity index (χ4v) is 8.03. The number of ether oxygens (including phenoxy) is 3. The van der Waals surface area contributed by atoms with Gasteiger partial charge >= 0.3 is 12.1 Å². The standard InChI is InChI=1S/C37H52FN3O8/c1-6-47-35(44)31-20-25-19-26(13-16-30(25)48-31)39-33(42)32-28(22-11-14-27(46-5)15-12-22)17-18-41(32)34(43)24-9-7-23(8-10-24)29(21-38)40-36(45)49-37(2,3)4/h13,16,19-20,22-24,27-29,32H,6-12,14-15,17-18,21H2,1-5H3,(H,39,42)(H,40,45)/t22?,23-,24-,27?,28-,29?,32-/m0/s1. The summed E-state index contributed by atoms with van der Waals surface area (Å²) in [6.45, 7) is 7.03. The maximum atomic E-state index is 14.2. The smallest absolute Gasteiger partial charge is 0.407 e. The molecule has 12 heteroatoms. The number of alkyl halides is 1. The van der Waals surface area contributed by atoms with E-state index in [0.29, 0.717) is 54.8 Å². The summed E-state index contributed by atoms with van der Waals surface area (Å²) in [5, 5.41) is 6.41. The Bertz CT molecular complexity index is 1470. The fourth-order valence-electron chi connectivity index (χ4n) is 8.03. The number of anilines is 1. The molecule has 0 spiro atoms. The van der Waals surface area contributed by atoms with Crippen molar-refractivity contribution in [2.45, 2.75) is 109 Å². The molecular formula is C37H52FN3O8. The average molecular weight is 686 g/mol. The monoisotopic (exact) mass is 685 g/mol. The summed E-state index contributed by atoms with van der Waals surface area (Å²) in [4.78, 5) is 54.7. The third-order valence-corrected chi connectivity index (χ3v) is 10.5. The highest BCUT2D eigenvalue weighted by Gasteiger charge is 2.47. The molecule has 3 atom stereocenters. The van der Waals surface area contributed by atoms with Gasteiger partial charge in [0.25, 0.3) is 0 Å². The Hall–Kier alpha value is -3.67. The van der Waals surface area contributed by atoms with E-state index in [9.17, 15) is 23.6 Å². The van der Waals surface area contributed by atoms with Gasteiger partial charge in [-0.3, -0.25) is 9.59 Å². The molecule has 270 valence electrons. The third-order valence-electron chi connectivity index (χ3n) is 10.5. The van der Waals surface area contributed by atoms with Crippen molar-refractivity contribution >= 4 is 40.5 Å². The van der Waals surface area contributed by atoms with E-state index in [1.54, 1.807) is 64.0 Å². The molecule has 3 aliphatic rings. The van der Waals surface area contributed by atoms with E-state index in [0.717, 1.165) is 32.1 Å². The number of rotatable bonds is 10. The van der Waals surface area contributed by atoms with Crippen molar-refractivity contribution in [3.05, 3.63) is 30.0 Å². The number of hydrogen-bond acceptors (Lipinski definition) is 8. The minimum Gasteiger partial charge on any atom is -0.460 e. The van der Waals surface area contributed by atoms with Crippen LogP contribution >= 0.6 is 0 Å². The summed E-state index contributed by atoms with van der Waals surface area (Å²) >= 11 is 0. The summed E-state index contributed by atoms with van der Waals surface area (Å²) in [6, 6.07) is 5.48. The maximum Gasteiger partial charge on any atom is 0.407 e. The van der Waals surface area contributed by atoms with Gasteiger partial charge in [0, 0.05) is 30.6 Å². The number of carbonyl (C=O) groups is 4. The minimum absolute atomic E-state index is 0.0140. The Morgan fingerprint density at radius 2 is 1.71 bits per heavy atom. The zero-order valence-electron chi connectivity index (χ0n) is 29.4. The molecule has 3 fully saturated rings. The molecule has 0 radical (unpaired) electrons. The number of carbonyl (C=O) groups excluding carboxylic acids is 4. The van der Waals surface area contributed by atoms with Crippen LogP contribution in [0.15, 0.2) is 28.7 Å². The van der Waals surface area contributed by atoms with E-state index in [4.69, 9.17) is 18.6 Å². The van der Waals surface area contributed by atoms with Crippen LogP contribution < -0.4 is 10.6 Å². The van der Waals surface area contributed by atoms with E-state index in [1.165, 1.54) is 0 Å². The number of nitrogens with one attached hydrogen (secondary N) is 2. The van der Waals surface area contributed by atoms with Gasteiger partial charge in [-0.2, -0.15) is 0 Å². The largest absolute Gasteiger partial charge is 0.460 e. The zero-order valence-corrected chi connectivity index (χ0v) is 29.4. The van der Waals surface area contributed by atoms with Gasteiger partial charge in [-0.1, -0.05) is 0 Å². The molecule has 5 rings (SSSR count). The van der Waals surface area contributed by atoms with E-state index < -0.39 is 36.4 Å². The first-order valence-corrected chi connectivity index (χ1v) is 17.8. The maximum absolute atomic E-state index is 14.2. The molecule has 3 amide bonds. The summed E-state index contributed by atoms with van der Waals surface area (Å²) < 4.78 is 35.7. The fraction of sp³-hybridized carbons (Fsp3) is 0.676. The molecule has 2 aromatic rings. The van der Waals surface area contributed by atoms with Gasteiger partial charge in [-0.25, -0.2) is 14.0 Å². The van der Waals surface area contributed by atoms with Crippen LogP contribution in [0.1, 0.15) is 96.0 Å². The summed E-state index contributed by atoms with van der Waals surface area (Å²) in [7, 11) is 1.74. The van der Waals surface area contributed by atoms with Crippen molar-refractivity contribution < 1.29 is 42.2 Å². The first-order valence-electron chi connectivity index (χ1n) is 17.8. The van der Waals surface area contributed by atoms with Crippen LogP contribution in [0.5, 0.6) is 0 Å². The molecule has 2 N–H and O–H groups in total. The van der Waals surface area contributed by atoms with Gasteiger partial charge in [0.2, 0.25) is 17.6 Å². The predicted molar refractivity (Wildman–Crippen MR) is 182 cm³/mol. The Kier molecular flexibility index (Phi) is 11.9.